The number of para-hydroxylation sites is 2. The lowest BCUT2D eigenvalue weighted by atomic mass is 9.96. The number of nitrogens with one attached hydrogen (secondary N) is 3. The summed E-state index contributed by atoms with van der Waals surface area (Å²) in [5.74, 6) is 0. The summed E-state index contributed by atoms with van der Waals surface area (Å²) in [5, 5.41) is 16.6. The van der Waals surface area contributed by atoms with Crippen LogP contribution in [0.1, 0.15) is 70.5 Å². The highest BCUT2D eigenvalue weighted by Gasteiger charge is 2.30. The molecule has 0 radical (unpaired) electrons. The van der Waals surface area contributed by atoms with Crippen molar-refractivity contribution in [2.75, 3.05) is 0 Å². The summed E-state index contributed by atoms with van der Waals surface area (Å²) in [6.07, 6.45) is 13.6. The molecule has 0 saturated carbocycles. The van der Waals surface area contributed by atoms with Gasteiger partial charge in [-0.15, -0.1) is 0 Å². The van der Waals surface area contributed by atoms with Gasteiger partial charge in [0.1, 0.15) is 0 Å². The Morgan fingerprint density at radius 2 is 0.841 bits per heavy atom. The Morgan fingerprint density at radius 1 is 0.381 bits per heavy atom. The van der Waals surface area contributed by atoms with Crippen LogP contribution in [-0.4, -0.2) is 13.7 Å². The highest BCUT2D eigenvalue weighted by atomic mass is 15.4. The van der Waals surface area contributed by atoms with Crippen molar-refractivity contribution >= 4 is 55.8 Å². The van der Waals surface area contributed by atoms with E-state index in [1.54, 1.807) is 0 Å². The second kappa shape index (κ2) is 14.7. The minimum Gasteiger partial charge on any atom is -0.313 e. The van der Waals surface area contributed by atoms with Crippen LogP contribution >= 0.6 is 0 Å². The summed E-state index contributed by atoms with van der Waals surface area (Å²) in [5.41, 5.74) is 17.6. The molecule has 7 aromatic carbocycles. The Kier molecular flexibility index (Phi) is 8.51. The van der Waals surface area contributed by atoms with E-state index in [0.29, 0.717) is 0 Å². The van der Waals surface area contributed by atoms with E-state index < -0.39 is 0 Å². The molecule has 2 aliphatic carbocycles. The average Bonchev–Trinajstić information content (AvgIpc) is 4.00. The predicted molar refractivity (Wildman–Crippen MR) is 260 cm³/mol. The van der Waals surface area contributed by atoms with Crippen LogP contribution in [0, 0.1) is 0 Å². The molecular weight excluding hydrogens is 769 g/mol. The van der Waals surface area contributed by atoms with E-state index in [0.717, 1.165) is 37.1 Å². The second-order valence-electron chi connectivity index (χ2n) is 17.3. The molecule has 63 heavy (non-hydrogen) atoms. The highest BCUT2D eigenvalue weighted by molar-refractivity contribution is 6.12. The molecule has 0 bridgehead atoms. The minimum absolute atomic E-state index is 0.0272. The molecule has 0 spiro atoms. The molecule has 4 heterocycles. The van der Waals surface area contributed by atoms with Gasteiger partial charge in [-0.05, 0) is 120 Å². The SMILES string of the molecule is C1=Cc2c(c3c(n2-c2ccc4c(c2)c2cc(-n5c6ccccc6c6ccccc65)ccc2n4-c2ccc(C4NC(c5ccccc5)NC(c5ccccc5)N4)cc2)CCC=C3)CC1. The third kappa shape index (κ3) is 5.90. The van der Waals surface area contributed by atoms with Gasteiger partial charge in [0, 0.05) is 50.0 Å². The molecule has 1 fully saturated rings. The summed E-state index contributed by atoms with van der Waals surface area (Å²) in [6, 6.07) is 62.3. The van der Waals surface area contributed by atoms with E-state index in [-0.39, 0.29) is 18.5 Å². The standard InChI is InChI=1S/C57H46N6/c1-3-15-37(16-4-1)55-58-56(38-17-5-2-6-18-38)60-57(59-55)39-27-29-40(30-28-39)61-53-33-31-41(62-49-23-11-7-19-43(49)44-20-8-12-24-50(44)62)35-47(53)48-36-42(32-34-54(48)61)63-51-25-13-9-21-45(51)46-22-10-14-26-52(46)63/h1-9,11-12,14-21,23-24,26-36,55-60H,10,13,22,25H2. The van der Waals surface area contributed by atoms with Crippen molar-refractivity contribution in [3.8, 4) is 17.1 Å². The highest BCUT2D eigenvalue weighted by Crippen LogP contribution is 2.41. The van der Waals surface area contributed by atoms with Crippen LogP contribution in [0.5, 0.6) is 0 Å². The molecule has 10 aromatic rings. The normalized spacial score (nSPS) is 18.4. The molecule has 6 heteroatoms. The zero-order valence-corrected chi connectivity index (χ0v) is 34.9. The van der Waals surface area contributed by atoms with Crippen LogP contribution in [0.15, 0.2) is 182 Å². The van der Waals surface area contributed by atoms with Crippen LogP contribution in [0.4, 0.5) is 0 Å². The van der Waals surface area contributed by atoms with Gasteiger partial charge in [-0.1, -0.05) is 127 Å². The zero-order valence-electron chi connectivity index (χ0n) is 34.9. The van der Waals surface area contributed by atoms with Gasteiger partial charge in [0.15, 0.2) is 0 Å². The molecular formula is C57H46N6. The third-order valence-electron chi connectivity index (χ3n) is 13.7. The number of benzene rings is 7. The first-order chi connectivity index (χ1) is 31.2. The monoisotopic (exact) mass is 814 g/mol. The van der Waals surface area contributed by atoms with E-state index >= 15 is 0 Å². The molecule has 3 aliphatic rings. The van der Waals surface area contributed by atoms with E-state index in [4.69, 9.17) is 0 Å². The van der Waals surface area contributed by atoms with Gasteiger partial charge < -0.3 is 13.7 Å². The molecule has 1 aliphatic heterocycles. The number of hydrogen-bond donors (Lipinski definition) is 3. The molecule has 2 unspecified atom stereocenters. The smallest absolute Gasteiger partial charge is 0.0864 e. The Hall–Kier alpha value is -7.22. The van der Waals surface area contributed by atoms with Crippen molar-refractivity contribution in [3.05, 3.63) is 221 Å². The summed E-state index contributed by atoms with van der Waals surface area (Å²) in [6.45, 7) is 0. The zero-order chi connectivity index (χ0) is 41.4. The van der Waals surface area contributed by atoms with Gasteiger partial charge >= 0.3 is 0 Å². The fourth-order valence-corrected chi connectivity index (χ4v) is 10.8. The molecule has 3 N–H and O–H groups in total. The Labute approximate surface area is 366 Å². The summed E-state index contributed by atoms with van der Waals surface area (Å²) in [7, 11) is 0. The van der Waals surface area contributed by atoms with E-state index in [2.05, 4.69) is 224 Å². The number of allylic oxidation sites excluding steroid dienone is 2. The van der Waals surface area contributed by atoms with Gasteiger partial charge in [0.05, 0.1) is 40.6 Å². The van der Waals surface area contributed by atoms with E-state index in [1.807, 2.05) is 0 Å². The van der Waals surface area contributed by atoms with Gasteiger partial charge in [0.2, 0.25) is 0 Å². The first-order valence-corrected chi connectivity index (χ1v) is 22.4. The lowest BCUT2D eigenvalue weighted by Crippen LogP contribution is -2.54. The maximum absolute atomic E-state index is 3.86. The largest absolute Gasteiger partial charge is 0.313 e. The van der Waals surface area contributed by atoms with Crippen LogP contribution in [0.2, 0.25) is 0 Å². The summed E-state index contributed by atoms with van der Waals surface area (Å²) in [4.78, 5) is 0. The molecule has 1 saturated heterocycles. The maximum atomic E-state index is 3.86. The van der Waals surface area contributed by atoms with Crippen LogP contribution in [0.3, 0.4) is 0 Å². The van der Waals surface area contributed by atoms with Crippen LogP contribution in [0.25, 0.3) is 72.8 Å². The van der Waals surface area contributed by atoms with Gasteiger partial charge in [-0.25, -0.2) is 0 Å². The molecule has 2 atom stereocenters. The molecule has 3 aromatic heterocycles. The molecule has 304 valence electrons. The van der Waals surface area contributed by atoms with Crippen molar-refractivity contribution < 1.29 is 0 Å². The maximum Gasteiger partial charge on any atom is 0.0864 e. The first-order valence-electron chi connectivity index (χ1n) is 22.4. The first kappa shape index (κ1) is 36.4. The van der Waals surface area contributed by atoms with E-state index in [9.17, 15) is 0 Å². The number of fused-ring (bicyclic) bond motifs is 9. The number of nitrogens with zero attached hydrogens (tertiary/aromatic N) is 3. The topological polar surface area (TPSA) is 50.9 Å². The van der Waals surface area contributed by atoms with Crippen molar-refractivity contribution in [1.29, 1.82) is 0 Å². The second-order valence-corrected chi connectivity index (χ2v) is 17.3. The predicted octanol–water partition coefficient (Wildman–Crippen LogP) is 12.8. The van der Waals surface area contributed by atoms with Crippen molar-refractivity contribution in [3.63, 3.8) is 0 Å². The third-order valence-corrected chi connectivity index (χ3v) is 13.7. The van der Waals surface area contributed by atoms with Crippen LogP contribution < -0.4 is 16.0 Å². The van der Waals surface area contributed by atoms with Gasteiger partial charge in [-0.3, -0.25) is 16.0 Å². The van der Waals surface area contributed by atoms with Gasteiger partial charge in [0.25, 0.3) is 0 Å². The Bertz CT molecular complexity index is 3340. The Morgan fingerprint density at radius 3 is 1.44 bits per heavy atom. The fraction of sp³-hybridized carbons (Fsp3) is 0.123. The van der Waals surface area contributed by atoms with Crippen molar-refractivity contribution in [1.82, 2.24) is 29.7 Å². The number of aromatic nitrogens is 3. The number of rotatable bonds is 6. The van der Waals surface area contributed by atoms with E-state index in [1.165, 1.54) is 88.5 Å². The van der Waals surface area contributed by atoms with Crippen molar-refractivity contribution in [2.45, 2.75) is 44.2 Å². The Balaban J connectivity index is 0.969. The lowest BCUT2D eigenvalue weighted by molar-refractivity contribution is 0.203. The molecule has 0 amide bonds. The van der Waals surface area contributed by atoms with Gasteiger partial charge in [-0.2, -0.15) is 0 Å². The minimum atomic E-state index is -0.0764. The van der Waals surface area contributed by atoms with Crippen LogP contribution in [-0.2, 0) is 12.8 Å². The molecule has 13 rings (SSSR count). The quantitative estimate of drug-likeness (QED) is 0.157. The van der Waals surface area contributed by atoms with Crippen molar-refractivity contribution in [2.24, 2.45) is 0 Å². The molecule has 6 nitrogen and oxygen atoms in total. The summed E-state index contributed by atoms with van der Waals surface area (Å²) < 4.78 is 7.45. The lowest BCUT2D eigenvalue weighted by Gasteiger charge is -2.39. The number of hydrogen-bond acceptors (Lipinski definition) is 3. The fourth-order valence-electron chi connectivity index (χ4n) is 10.8. The summed E-state index contributed by atoms with van der Waals surface area (Å²) >= 11 is 0. The average molecular weight is 815 g/mol.